The van der Waals surface area contributed by atoms with E-state index in [9.17, 15) is 13.2 Å². The predicted molar refractivity (Wildman–Crippen MR) is 132 cm³/mol. The molecule has 1 amide bonds. The monoisotopic (exact) mass is 503 g/mol. The molecule has 10 heteroatoms. The molecule has 182 valence electrons. The molecule has 1 aliphatic rings. The molecular formula is C24H29N3O5S2. The number of amides is 1. The van der Waals surface area contributed by atoms with Gasteiger partial charge in [-0.2, -0.15) is 0 Å². The van der Waals surface area contributed by atoms with Gasteiger partial charge in [0.2, 0.25) is 5.91 Å². The average molecular weight is 504 g/mol. The molecule has 2 aromatic carbocycles. The van der Waals surface area contributed by atoms with Crippen LogP contribution in [0.2, 0.25) is 0 Å². The number of hydrogen-bond donors (Lipinski definition) is 1. The Labute approximate surface area is 203 Å². The lowest BCUT2D eigenvalue weighted by Gasteiger charge is -2.38. The van der Waals surface area contributed by atoms with Gasteiger partial charge in [0.15, 0.2) is 20.2 Å². The maximum atomic E-state index is 13.4. The molecule has 0 saturated carbocycles. The number of hydrogen-bond acceptors (Lipinski definition) is 8. The van der Waals surface area contributed by atoms with Gasteiger partial charge >= 0.3 is 0 Å². The van der Waals surface area contributed by atoms with E-state index < -0.39 is 20.5 Å². The van der Waals surface area contributed by atoms with Crippen LogP contribution in [0, 0.1) is 0 Å². The standard InChI is InChI=1S/C24H29N3O5S2/c1-2-27-14-12-24(13-15-27,22(25)28)34(29,30)19-10-8-18(9-11-19)31-16-5-17-33-23-26-20-6-3-4-7-21(20)32-23/h3-4,6-11H,2,5,12-17H2,1H3,(H2,25,28). The van der Waals surface area contributed by atoms with Gasteiger partial charge in [-0.15, -0.1) is 0 Å². The van der Waals surface area contributed by atoms with E-state index in [0.717, 1.165) is 29.8 Å². The molecule has 34 heavy (non-hydrogen) atoms. The van der Waals surface area contributed by atoms with Crippen LogP contribution in [0.4, 0.5) is 0 Å². The Bertz CT molecular complexity index is 1200. The quantitative estimate of drug-likeness (QED) is 0.330. The zero-order valence-corrected chi connectivity index (χ0v) is 20.7. The van der Waals surface area contributed by atoms with E-state index in [4.69, 9.17) is 14.9 Å². The van der Waals surface area contributed by atoms with Crippen molar-refractivity contribution < 1.29 is 22.4 Å². The van der Waals surface area contributed by atoms with Gasteiger partial charge in [0.05, 0.1) is 11.5 Å². The van der Waals surface area contributed by atoms with E-state index in [1.165, 1.54) is 23.9 Å². The topological polar surface area (TPSA) is 116 Å². The van der Waals surface area contributed by atoms with Gasteiger partial charge in [0.1, 0.15) is 11.3 Å². The number of para-hydroxylation sites is 2. The summed E-state index contributed by atoms with van der Waals surface area (Å²) in [5.74, 6) is 0.564. The highest BCUT2D eigenvalue weighted by Crippen LogP contribution is 2.36. The lowest BCUT2D eigenvalue weighted by molar-refractivity contribution is -0.121. The third kappa shape index (κ3) is 4.94. The van der Waals surface area contributed by atoms with Crippen molar-refractivity contribution in [3.8, 4) is 5.75 Å². The van der Waals surface area contributed by atoms with Gasteiger partial charge in [0, 0.05) is 18.8 Å². The maximum Gasteiger partial charge on any atom is 0.256 e. The minimum atomic E-state index is -3.92. The van der Waals surface area contributed by atoms with Crippen LogP contribution >= 0.6 is 11.8 Å². The Morgan fingerprint density at radius 3 is 2.53 bits per heavy atom. The van der Waals surface area contributed by atoms with Gasteiger partial charge in [-0.3, -0.25) is 4.79 Å². The SMILES string of the molecule is CCN1CCC(C(N)=O)(S(=O)(=O)c2ccc(OCCCSc3nc4ccccc4o3)cc2)CC1. The van der Waals surface area contributed by atoms with Gasteiger partial charge in [0.25, 0.3) is 5.22 Å². The number of likely N-dealkylation sites (tertiary alicyclic amines) is 1. The van der Waals surface area contributed by atoms with Crippen LogP contribution in [0.3, 0.4) is 0 Å². The fraction of sp³-hybridized carbons (Fsp3) is 0.417. The Morgan fingerprint density at radius 2 is 1.88 bits per heavy atom. The van der Waals surface area contributed by atoms with Crippen molar-refractivity contribution in [2.24, 2.45) is 5.73 Å². The largest absolute Gasteiger partial charge is 0.494 e. The molecule has 2 heterocycles. The van der Waals surface area contributed by atoms with Gasteiger partial charge in [-0.1, -0.05) is 30.8 Å². The van der Waals surface area contributed by atoms with Crippen molar-refractivity contribution in [2.45, 2.75) is 41.1 Å². The van der Waals surface area contributed by atoms with E-state index in [0.29, 0.717) is 30.7 Å². The number of carbonyl (C=O) groups excluding carboxylic acids is 1. The van der Waals surface area contributed by atoms with Crippen LogP contribution in [-0.2, 0) is 14.6 Å². The van der Waals surface area contributed by atoms with Crippen LogP contribution in [0.15, 0.2) is 63.1 Å². The molecule has 0 spiro atoms. The van der Waals surface area contributed by atoms with Crippen LogP contribution in [-0.4, -0.2) is 60.9 Å². The summed E-state index contributed by atoms with van der Waals surface area (Å²) in [4.78, 5) is 18.9. The van der Waals surface area contributed by atoms with Crippen molar-refractivity contribution in [1.29, 1.82) is 0 Å². The van der Waals surface area contributed by atoms with E-state index >= 15 is 0 Å². The summed E-state index contributed by atoms with van der Waals surface area (Å²) in [5.41, 5.74) is 7.23. The molecule has 0 bridgehead atoms. The number of nitrogens with two attached hydrogens (primary N) is 1. The number of fused-ring (bicyclic) bond motifs is 1. The van der Waals surface area contributed by atoms with Crippen molar-refractivity contribution in [2.75, 3.05) is 32.0 Å². The number of benzene rings is 2. The van der Waals surface area contributed by atoms with Crippen molar-refractivity contribution >= 4 is 38.6 Å². The second-order valence-corrected chi connectivity index (χ2v) is 11.6. The van der Waals surface area contributed by atoms with Gasteiger partial charge < -0.3 is 19.8 Å². The van der Waals surface area contributed by atoms with Gasteiger partial charge in [-0.25, -0.2) is 13.4 Å². The van der Waals surface area contributed by atoms with Crippen LogP contribution in [0.25, 0.3) is 11.1 Å². The minimum absolute atomic E-state index is 0.0927. The summed E-state index contributed by atoms with van der Waals surface area (Å²) in [6, 6.07) is 13.9. The fourth-order valence-electron chi connectivity index (χ4n) is 4.14. The van der Waals surface area contributed by atoms with E-state index in [1.54, 1.807) is 12.1 Å². The lowest BCUT2D eigenvalue weighted by Crippen LogP contribution is -2.56. The Balaban J connectivity index is 1.31. The molecule has 0 radical (unpaired) electrons. The highest BCUT2D eigenvalue weighted by atomic mass is 32.2. The first kappa shape index (κ1) is 24.6. The first-order valence-electron chi connectivity index (χ1n) is 11.3. The van der Waals surface area contributed by atoms with E-state index in [2.05, 4.69) is 9.88 Å². The Morgan fingerprint density at radius 1 is 1.18 bits per heavy atom. The molecule has 0 unspecified atom stereocenters. The van der Waals surface area contributed by atoms with Crippen molar-refractivity contribution in [3.05, 3.63) is 48.5 Å². The second-order valence-electron chi connectivity index (χ2n) is 8.27. The zero-order valence-electron chi connectivity index (χ0n) is 19.1. The summed E-state index contributed by atoms with van der Waals surface area (Å²) >= 11 is 1.52. The van der Waals surface area contributed by atoms with E-state index in [-0.39, 0.29) is 17.7 Å². The number of piperidine rings is 1. The van der Waals surface area contributed by atoms with Crippen molar-refractivity contribution in [3.63, 3.8) is 0 Å². The fourth-order valence-corrected chi connectivity index (χ4v) is 6.82. The second kappa shape index (κ2) is 10.4. The number of sulfone groups is 1. The molecule has 8 nitrogen and oxygen atoms in total. The van der Waals surface area contributed by atoms with E-state index in [1.807, 2.05) is 31.2 Å². The molecule has 0 atom stereocenters. The summed E-state index contributed by atoms with van der Waals surface area (Å²) < 4.78 is 36.6. The number of primary amides is 1. The Hall–Kier alpha value is -2.56. The predicted octanol–water partition coefficient (Wildman–Crippen LogP) is 3.50. The number of thioether (sulfide) groups is 1. The molecular weight excluding hydrogens is 474 g/mol. The number of rotatable bonds is 10. The molecule has 1 aromatic heterocycles. The summed E-state index contributed by atoms with van der Waals surface area (Å²) in [7, 11) is -3.92. The third-order valence-electron chi connectivity index (χ3n) is 6.27. The maximum absolute atomic E-state index is 13.4. The number of ether oxygens (including phenoxy) is 1. The van der Waals surface area contributed by atoms with Crippen LogP contribution in [0.1, 0.15) is 26.2 Å². The molecule has 1 saturated heterocycles. The number of nitrogens with zero attached hydrogens (tertiary/aromatic N) is 2. The number of oxazole rings is 1. The zero-order chi connectivity index (χ0) is 24.2. The molecule has 0 aliphatic carbocycles. The molecule has 1 fully saturated rings. The third-order valence-corrected chi connectivity index (χ3v) is 9.71. The van der Waals surface area contributed by atoms with Crippen LogP contribution in [0.5, 0.6) is 5.75 Å². The highest BCUT2D eigenvalue weighted by molar-refractivity contribution is 7.99. The molecule has 1 aliphatic heterocycles. The number of aromatic nitrogens is 1. The summed E-state index contributed by atoms with van der Waals surface area (Å²) in [5, 5.41) is 0.629. The number of carbonyl (C=O) groups is 1. The lowest BCUT2D eigenvalue weighted by atomic mass is 9.95. The smallest absolute Gasteiger partial charge is 0.256 e. The minimum Gasteiger partial charge on any atom is -0.494 e. The first-order chi connectivity index (χ1) is 16.4. The average Bonchev–Trinajstić information content (AvgIpc) is 3.27. The first-order valence-corrected chi connectivity index (χ1v) is 13.8. The highest BCUT2D eigenvalue weighted by Gasteiger charge is 2.51. The summed E-state index contributed by atoms with van der Waals surface area (Å²) in [6.07, 6.45) is 1.17. The van der Waals surface area contributed by atoms with Crippen molar-refractivity contribution in [1.82, 2.24) is 9.88 Å². The van der Waals surface area contributed by atoms with Gasteiger partial charge in [-0.05, 0) is 62.2 Å². The van der Waals surface area contributed by atoms with Crippen LogP contribution < -0.4 is 10.5 Å². The Kier molecular flexibility index (Phi) is 7.49. The normalized spacial score (nSPS) is 16.5. The molecule has 2 N–H and O–H groups in total. The summed E-state index contributed by atoms with van der Waals surface area (Å²) in [6.45, 7) is 4.35. The molecule has 3 aromatic rings. The molecule has 4 rings (SSSR count).